The van der Waals surface area contributed by atoms with Crippen molar-refractivity contribution in [3.8, 4) is 0 Å². The van der Waals surface area contributed by atoms with Crippen molar-refractivity contribution in [1.29, 1.82) is 0 Å². The highest BCUT2D eigenvalue weighted by Gasteiger charge is 2.16. The van der Waals surface area contributed by atoms with E-state index in [9.17, 15) is 14.9 Å². The molecular formula is C16H17ClN4O3S. The number of amides is 1. The molecule has 2 aromatic rings. The van der Waals surface area contributed by atoms with Crippen molar-refractivity contribution in [2.45, 2.75) is 9.79 Å². The first-order chi connectivity index (χ1) is 11.9. The summed E-state index contributed by atoms with van der Waals surface area (Å²) in [5.74, 6) is -0.196. The van der Waals surface area contributed by atoms with Crippen LogP contribution in [0.4, 0.5) is 11.4 Å². The number of para-hydroxylation sites is 1. The zero-order valence-electron chi connectivity index (χ0n) is 13.7. The summed E-state index contributed by atoms with van der Waals surface area (Å²) in [6.07, 6.45) is 0. The van der Waals surface area contributed by atoms with Crippen LogP contribution in [-0.4, -0.2) is 36.4 Å². The summed E-state index contributed by atoms with van der Waals surface area (Å²) in [6, 6.07) is 11.6. The molecule has 25 heavy (non-hydrogen) atoms. The Kier molecular flexibility index (Phi) is 6.63. The molecule has 7 nitrogen and oxygen atoms in total. The number of likely N-dealkylation sites (N-methyl/N-ethyl adjacent to an activating group) is 1. The van der Waals surface area contributed by atoms with Crippen molar-refractivity contribution in [1.82, 2.24) is 10.3 Å². The van der Waals surface area contributed by atoms with E-state index >= 15 is 0 Å². The highest BCUT2D eigenvalue weighted by molar-refractivity contribution is 7.99. The van der Waals surface area contributed by atoms with Gasteiger partial charge in [0.25, 0.3) is 11.6 Å². The number of anilines is 1. The summed E-state index contributed by atoms with van der Waals surface area (Å²) in [7, 11) is 3.59. The van der Waals surface area contributed by atoms with E-state index in [1.807, 2.05) is 6.07 Å². The fraction of sp³-hybridized carbons (Fsp3) is 0.188. The number of rotatable bonds is 7. The molecule has 0 saturated heterocycles. The molecule has 0 spiro atoms. The predicted octanol–water partition coefficient (Wildman–Crippen LogP) is 3.40. The number of halogens is 1. The fourth-order valence-corrected chi connectivity index (χ4v) is 3.24. The van der Waals surface area contributed by atoms with Crippen LogP contribution in [0.1, 0.15) is 0 Å². The summed E-state index contributed by atoms with van der Waals surface area (Å²) in [5.41, 5.74) is 6.06. The lowest BCUT2D eigenvalue weighted by Gasteiger charge is -2.14. The monoisotopic (exact) mass is 380 g/mol. The van der Waals surface area contributed by atoms with Crippen LogP contribution >= 0.6 is 23.4 Å². The van der Waals surface area contributed by atoms with Gasteiger partial charge in [-0.15, -0.1) is 0 Å². The number of nitrogens with zero attached hydrogens (tertiary/aromatic N) is 2. The van der Waals surface area contributed by atoms with E-state index in [1.54, 1.807) is 43.3 Å². The third-order valence-corrected chi connectivity index (χ3v) is 4.38. The molecule has 0 aliphatic carbocycles. The van der Waals surface area contributed by atoms with Gasteiger partial charge >= 0.3 is 0 Å². The first-order valence-electron chi connectivity index (χ1n) is 7.27. The van der Waals surface area contributed by atoms with Gasteiger partial charge in [-0.3, -0.25) is 25.8 Å². The molecule has 2 aromatic carbocycles. The smallest absolute Gasteiger partial charge is 0.283 e. The third kappa shape index (κ3) is 5.63. The molecule has 0 aliphatic heterocycles. The molecule has 0 aliphatic rings. The first-order valence-corrected chi connectivity index (χ1v) is 8.46. The Bertz CT molecular complexity index is 786. The maximum absolute atomic E-state index is 11.8. The largest absolute Gasteiger partial charge is 0.301 e. The molecular weight excluding hydrogens is 364 g/mol. The molecule has 0 fully saturated rings. The quantitative estimate of drug-likeness (QED) is 0.565. The van der Waals surface area contributed by atoms with Crippen LogP contribution < -0.4 is 10.9 Å². The third-order valence-electron chi connectivity index (χ3n) is 3.02. The molecule has 9 heteroatoms. The lowest BCUT2D eigenvalue weighted by atomic mass is 10.3. The van der Waals surface area contributed by atoms with Crippen LogP contribution in [0.2, 0.25) is 5.02 Å². The molecule has 0 unspecified atom stereocenters. The average Bonchev–Trinajstić information content (AvgIpc) is 2.53. The van der Waals surface area contributed by atoms with E-state index < -0.39 is 4.92 Å². The van der Waals surface area contributed by atoms with Gasteiger partial charge in [0.2, 0.25) is 0 Å². The van der Waals surface area contributed by atoms with Crippen molar-refractivity contribution < 1.29 is 9.72 Å². The first kappa shape index (κ1) is 19.0. The Balaban J connectivity index is 2.20. The second-order valence-electron chi connectivity index (χ2n) is 5.38. The lowest BCUT2D eigenvalue weighted by Crippen LogP contribution is -2.36. The minimum absolute atomic E-state index is 0.0270. The summed E-state index contributed by atoms with van der Waals surface area (Å²) in [5, 5.41) is 11.6. The Morgan fingerprint density at radius 2 is 1.96 bits per heavy atom. The maximum atomic E-state index is 11.8. The van der Waals surface area contributed by atoms with E-state index in [0.29, 0.717) is 15.6 Å². The number of hydrogen-bond acceptors (Lipinski definition) is 6. The van der Waals surface area contributed by atoms with Gasteiger partial charge in [-0.1, -0.05) is 35.5 Å². The molecule has 0 bridgehead atoms. The van der Waals surface area contributed by atoms with Crippen molar-refractivity contribution in [2.75, 3.05) is 26.1 Å². The number of carbonyl (C=O) groups is 1. The van der Waals surface area contributed by atoms with E-state index in [2.05, 4.69) is 10.9 Å². The number of nitrogens with one attached hydrogen (secondary N) is 2. The Morgan fingerprint density at radius 1 is 1.24 bits per heavy atom. The van der Waals surface area contributed by atoms with Crippen LogP contribution in [-0.2, 0) is 4.79 Å². The predicted molar refractivity (Wildman–Crippen MR) is 99.0 cm³/mol. The molecule has 0 heterocycles. The minimum atomic E-state index is -0.451. The average molecular weight is 381 g/mol. The van der Waals surface area contributed by atoms with Gasteiger partial charge in [-0.05, 0) is 38.4 Å². The minimum Gasteiger partial charge on any atom is -0.301 e. The number of nitro groups is 1. The summed E-state index contributed by atoms with van der Waals surface area (Å²) in [4.78, 5) is 25.4. The highest BCUT2D eigenvalue weighted by atomic mass is 35.5. The van der Waals surface area contributed by atoms with E-state index in [-0.39, 0.29) is 18.1 Å². The van der Waals surface area contributed by atoms with Gasteiger partial charge in [0.05, 0.1) is 22.1 Å². The zero-order chi connectivity index (χ0) is 18.4. The molecule has 132 valence electrons. The standard InChI is InChI=1S/C16H17ClN4O3S/c1-20(2)10-16(22)19-18-12-5-3-4-6-14(12)25-15-9-11(17)7-8-13(15)21(23)24/h3-9,18H,10H2,1-2H3,(H,19,22). The summed E-state index contributed by atoms with van der Waals surface area (Å²) in [6.45, 7) is 0.238. The van der Waals surface area contributed by atoms with Crippen molar-refractivity contribution in [3.63, 3.8) is 0 Å². The second kappa shape index (κ2) is 8.70. The summed E-state index contributed by atoms with van der Waals surface area (Å²) >= 11 is 7.16. The van der Waals surface area contributed by atoms with Gasteiger partial charge in [0.1, 0.15) is 0 Å². The number of carbonyl (C=O) groups excluding carboxylic acids is 1. The molecule has 0 aromatic heterocycles. The van der Waals surface area contributed by atoms with Crippen molar-refractivity contribution in [2.24, 2.45) is 0 Å². The van der Waals surface area contributed by atoms with E-state index in [1.165, 1.54) is 23.9 Å². The SMILES string of the molecule is CN(C)CC(=O)NNc1ccccc1Sc1cc(Cl)ccc1[N+](=O)[O-]. The van der Waals surface area contributed by atoms with Gasteiger partial charge in [0.15, 0.2) is 0 Å². The lowest BCUT2D eigenvalue weighted by molar-refractivity contribution is -0.387. The normalized spacial score (nSPS) is 10.6. The molecule has 0 radical (unpaired) electrons. The van der Waals surface area contributed by atoms with Gasteiger partial charge in [0, 0.05) is 16.0 Å². The number of nitro benzene ring substituents is 1. The van der Waals surface area contributed by atoms with E-state index in [4.69, 9.17) is 11.6 Å². The summed E-state index contributed by atoms with van der Waals surface area (Å²) < 4.78 is 0. The van der Waals surface area contributed by atoms with Gasteiger partial charge in [-0.25, -0.2) is 0 Å². The van der Waals surface area contributed by atoms with Crippen molar-refractivity contribution in [3.05, 3.63) is 57.6 Å². The molecule has 0 saturated carbocycles. The highest BCUT2D eigenvalue weighted by Crippen LogP contribution is 2.39. The number of hydrogen-bond donors (Lipinski definition) is 2. The second-order valence-corrected chi connectivity index (χ2v) is 6.90. The van der Waals surface area contributed by atoms with Crippen LogP contribution in [0.5, 0.6) is 0 Å². The zero-order valence-corrected chi connectivity index (χ0v) is 15.2. The molecule has 0 atom stereocenters. The molecule has 2 rings (SSSR count). The van der Waals surface area contributed by atoms with Crippen LogP contribution in [0.3, 0.4) is 0 Å². The number of hydrazine groups is 1. The van der Waals surface area contributed by atoms with Crippen LogP contribution in [0, 0.1) is 10.1 Å². The van der Waals surface area contributed by atoms with E-state index in [0.717, 1.165) is 4.90 Å². The topological polar surface area (TPSA) is 87.5 Å². The van der Waals surface area contributed by atoms with Crippen molar-refractivity contribution >= 4 is 40.6 Å². The van der Waals surface area contributed by atoms with Crippen LogP contribution in [0.15, 0.2) is 52.3 Å². The maximum Gasteiger partial charge on any atom is 0.283 e. The molecule has 2 N–H and O–H groups in total. The van der Waals surface area contributed by atoms with Gasteiger partial charge in [-0.2, -0.15) is 0 Å². The van der Waals surface area contributed by atoms with Gasteiger partial charge < -0.3 is 4.90 Å². The Morgan fingerprint density at radius 3 is 2.64 bits per heavy atom. The number of benzene rings is 2. The molecule has 1 amide bonds. The Labute approximate surface area is 154 Å². The van der Waals surface area contributed by atoms with Crippen LogP contribution in [0.25, 0.3) is 0 Å². The fourth-order valence-electron chi connectivity index (χ4n) is 1.96. The Hall–Kier alpha value is -2.29.